The van der Waals surface area contributed by atoms with Crippen molar-refractivity contribution in [1.82, 2.24) is 32.3 Å². The average molecular weight is 577 g/mol. The van der Waals surface area contributed by atoms with Gasteiger partial charge in [-0.2, -0.15) is 20.5 Å². The molecule has 2 aliphatic rings. The Morgan fingerprint density at radius 3 is 1.42 bits per heavy atom. The van der Waals surface area contributed by atoms with Gasteiger partial charge in [-0.25, -0.2) is 20.4 Å². The van der Waals surface area contributed by atoms with Crippen LogP contribution in [0.25, 0.3) is 0 Å². The van der Waals surface area contributed by atoms with Gasteiger partial charge in [0, 0.05) is 0 Å². The van der Waals surface area contributed by atoms with Gasteiger partial charge in [0.15, 0.2) is 0 Å². The number of carbonyl (C=O) groups is 2. The molecule has 2 amide bonds. The molecule has 2 saturated carbocycles. The molecule has 0 heterocycles. The van der Waals surface area contributed by atoms with E-state index in [0.717, 1.165) is 25.7 Å². The minimum atomic E-state index is -0.757. The van der Waals surface area contributed by atoms with E-state index in [4.69, 9.17) is 9.47 Å². The van der Waals surface area contributed by atoms with E-state index in [2.05, 4.69) is 78.1 Å². The lowest BCUT2D eigenvalue weighted by molar-refractivity contribution is 0.0905. The first-order valence-electron chi connectivity index (χ1n) is 13.1. The molecule has 0 bridgehead atoms. The number of carbonyl (C=O) groups excluding carboxylic acids is 2. The van der Waals surface area contributed by atoms with Gasteiger partial charge in [0.2, 0.25) is 0 Å². The average Bonchev–Trinajstić information content (AvgIpc) is 3.56. The Labute approximate surface area is 235 Å². The Morgan fingerprint density at radius 1 is 0.737 bits per heavy atom. The summed E-state index contributed by atoms with van der Waals surface area (Å²) in [6, 6.07) is 0.559. The molecule has 6 N–H and O–H groups in total. The Balaban J connectivity index is 1.52. The van der Waals surface area contributed by atoms with Crippen LogP contribution in [0.5, 0.6) is 0 Å². The van der Waals surface area contributed by atoms with Crippen molar-refractivity contribution >= 4 is 37.4 Å². The van der Waals surface area contributed by atoms with E-state index in [0.29, 0.717) is 0 Å². The number of azo groups is 2. The number of nitrogens with zero attached hydrogens (tertiary/aromatic N) is 4. The van der Waals surface area contributed by atoms with E-state index >= 15 is 0 Å². The van der Waals surface area contributed by atoms with Gasteiger partial charge in [-0.05, 0) is 53.4 Å². The minimum Gasteiger partial charge on any atom is -0.445 e. The summed E-state index contributed by atoms with van der Waals surface area (Å²) in [7, 11) is 0. The molecule has 0 aliphatic heterocycles. The predicted octanol–water partition coefficient (Wildman–Crippen LogP) is 3.32. The zero-order valence-corrected chi connectivity index (χ0v) is 24.5. The lowest BCUT2D eigenvalue weighted by Crippen LogP contribution is -2.54. The number of hydrogen-bond acceptors (Lipinski definition) is 14. The van der Waals surface area contributed by atoms with Crippen LogP contribution in [0.15, 0.2) is 20.5 Å². The summed E-state index contributed by atoms with van der Waals surface area (Å²) in [5.41, 5.74) is 7.48. The van der Waals surface area contributed by atoms with Gasteiger partial charge < -0.3 is 9.47 Å². The third-order valence-corrected chi connectivity index (χ3v) is 6.26. The smallest absolute Gasteiger partial charge is 0.421 e. The fourth-order valence-electron chi connectivity index (χ4n) is 3.89. The second-order valence-corrected chi connectivity index (χ2v) is 11.4. The molecule has 0 aromatic heterocycles. The topological polar surface area (TPSA) is 174 Å². The maximum absolute atomic E-state index is 11.8. The minimum absolute atomic E-state index is 0.149. The standard InChI is InChI=1S/C22H44N10O4S2/c1-21(2,31-25-15-9-5-6-10-15)23-17(37)27-29-19(33)35-13-14-36-20(34)30-28-18(38)24-22(3,4)32-26-16-11-7-8-12-16/h15-18,23-24,27-28,37-38H,5-14H2,1-4H3,(H,29,33)(H,30,34). The Morgan fingerprint density at radius 2 is 1.08 bits per heavy atom. The number of nitrogens with one attached hydrogen (secondary N) is 6. The fourth-order valence-corrected chi connectivity index (χ4v) is 4.65. The Hall–Kier alpha value is -1.72. The van der Waals surface area contributed by atoms with Crippen LogP contribution in [-0.4, -0.2) is 59.8 Å². The molecule has 0 aromatic rings. The maximum atomic E-state index is 11.8. The van der Waals surface area contributed by atoms with Gasteiger partial charge in [0.25, 0.3) is 0 Å². The van der Waals surface area contributed by atoms with Gasteiger partial charge in [-0.1, -0.05) is 25.7 Å². The van der Waals surface area contributed by atoms with Crippen LogP contribution < -0.4 is 32.3 Å². The van der Waals surface area contributed by atoms with Crippen LogP contribution in [0.3, 0.4) is 0 Å². The number of ether oxygens (including phenoxy) is 2. The molecular formula is C22H44N10O4S2. The SMILES string of the molecule is CC(C)(N=NC1CCCC1)NC(S)NNC(=O)OCCOC(=O)NNC(S)NC(C)(C)N=NC1CCCC1. The van der Waals surface area contributed by atoms with Gasteiger partial charge in [-0.3, -0.25) is 21.5 Å². The summed E-state index contributed by atoms with van der Waals surface area (Å²) < 4.78 is 9.91. The lowest BCUT2D eigenvalue weighted by atomic mass is 10.2. The molecule has 0 radical (unpaired) electrons. The lowest BCUT2D eigenvalue weighted by Gasteiger charge is -2.26. The zero-order valence-electron chi connectivity index (χ0n) is 22.7. The number of hydrazine groups is 2. The molecule has 0 aromatic carbocycles. The van der Waals surface area contributed by atoms with Crippen LogP contribution in [-0.2, 0) is 9.47 Å². The van der Waals surface area contributed by atoms with Crippen LogP contribution in [0.2, 0.25) is 0 Å². The monoisotopic (exact) mass is 576 g/mol. The summed E-state index contributed by atoms with van der Waals surface area (Å²) in [5.74, 6) is 0. The number of rotatable bonds is 15. The van der Waals surface area contributed by atoms with E-state index < -0.39 is 34.5 Å². The van der Waals surface area contributed by atoms with Crippen molar-refractivity contribution in [2.24, 2.45) is 20.5 Å². The van der Waals surface area contributed by atoms with Gasteiger partial charge in [0.05, 0.1) is 12.1 Å². The van der Waals surface area contributed by atoms with Crippen LogP contribution in [0.1, 0.15) is 79.1 Å². The second-order valence-electron chi connectivity index (χ2n) is 10.3. The largest absolute Gasteiger partial charge is 0.445 e. The molecule has 2 unspecified atom stereocenters. The van der Waals surface area contributed by atoms with E-state index in [1.54, 1.807) is 0 Å². The highest BCUT2D eigenvalue weighted by Crippen LogP contribution is 2.23. The quantitative estimate of drug-likeness (QED) is 0.0482. The van der Waals surface area contributed by atoms with Crippen molar-refractivity contribution < 1.29 is 19.1 Å². The molecule has 38 heavy (non-hydrogen) atoms. The van der Waals surface area contributed by atoms with Crippen LogP contribution in [0.4, 0.5) is 9.59 Å². The van der Waals surface area contributed by atoms with Gasteiger partial charge in [-0.15, -0.1) is 25.3 Å². The third-order valence-electron chi connectivity index (χ3n) is 5.74. The van der Waals surface area contributed by atoms with Crippen molar-refractivity contribution in [2.75, 3.05) is 13.2 Å². The number of thiol groups is 2. The van der Waals surface area contributed by atoms with Crippen LogP contribution >= 0.6 is 25.3 Å². The summed E-state index contributed by atoms with van der Waals surface area (Å²) in [6.45, 7) is 7.15. The first-order chi connectivity index (χ1) is 17.9. The molecule has 218 valence electrons. The highest BCUT2D eigenvalue weighted by molar-refractivity contribution is 7.81. The molecule has 16 heteroatoms. The van der Waals surface area contributed by atoms with Gasteiger partial charge >= 0.3 is 12.2 Å². The summed E-state index contributed by atoms with van der Waals surface area (Å²) in [5, 5.41) is 23.7. The molecule has 0 spiro atoms. The molecule has 2 fully saturated rings. The molecule has 0 saturated heterocycles. The highest BCUT2D eigenvalue weighted by Gasteiger charge is 2.23. The van der Waals surface area contributed by atoms with E-state index in [-0.39, 0.29) is 25.3 Å². The molecule has 14 nitrogen and oxygen atoms in total. The van der Waals surface area contributed by atoms with Gasteiger partial charge in [0.1, 0.15) is 35.5 Å². The summed E-state index contributed by atoms with van der Waals surface area (Å²) in [4.78, 5) is 23.7. The van der Waals surface area contributed by atoms with Crippen molar-refractivity contribution in [1.29, 1.82) is 0 Å². The maximum Gasteiger partial charge on any atom is 0.421 e. The van der Waals surface area contributed by atoms with E-state index in [1.807, 2.05) is 27.7 Å². The number of amides is 2. The first kappa shape index (κ1) is 32.5. The molecule has 2 atom stereocenters. The highest BCUT2D eigenvalue weighted by atomic mass is 32.1. The van der Waals surface area contributed by atoms with Crippen molar-refractivity contribution in [3.63, 3.8) is 0 Å². The molecule has 2 aliphatic carbocycles. The Kier molecular flexibility index (Phi) is 14.0. The zero-order chi connectivity index (χ0) is 28.0. The first-order valence-corrected chi connectivity index (χ1v) is 14.1. The molecule has 2 rings (SSSR count). The van der Waals surface area contributed by atoms with Crippen molar-refractivity contribution in [3.8, 4) is 0 Å². The predicted molar refractivity (Wildman–Crippen MR) is 149 cm³/mol. The Bertz CT molecular complexity index is 726. The second kappa shape index (κ2) is 16.4. The third kappa shape index (κ3) is 14.4. The molecular weight excluding hydrogens is 532 g/mol. The normalized spacial score (nSPS) is 19.2. The number of hydrogen-bond donors (Lipinski definition) is 8. The van der Waals surface area contributed by atoms with Crippen molar-refractivity contribution in [3.05, 3.63) is 0 Å². The summed E-state index contributed by atoms with van der Waals surface area (Å²) in [6.07, 6.45) is 7.50. The fraction of sp³-hybridized carbons (Fsp3) is 0.909. The summed E-state index contributed by atoms with van der Waals surface area (Å²) >= 11 is 8.67. The van der Waals surface area contributed by atoms with E-state index in [1.165, 1.54) is 25.7 Å². The van der Waals surface area contributed by atoms with E-state index in [9.17, 15) is 9.59 Å². The van der Waals surface area contributed by atoms with Crippen molar-refractivity contribution in [2.45, 2.75) is 113 Å². The van der Waals surface area contributed by atoms with Crippen LogP contribution in [0, 0.1) is 0 Å².